The number of halogens is 1. The van der Waals surface area contributed by atoms with Crippen molar-refractivity contribution in [1.82, 2.24) is 5.32 Å². The second-order valence-corrected chi connectivity index (χ2v) is 6.36. The molecule has 2 rings (SSSR count). The van der Waals surface area contributed by atoms with Crippen molar-refractivity contribution in [3.05, 3.63) is 29.3 Å². The number of methoxy groups -OCH3 is 1. The zero-order chi connectivity index (χ0) is 16.8. The van der Waals surface area contributed by atoms with E-state index in [1.165, 1.54) is 20.0 Å². The minimum absolute atomic E-state index is 0. The number of aryl methyl sites for hydroxylation is 1. The summed E-state index contributed by atoms with van der Waals surface area (Å²) in [6.07, 6.45) is 2.85. The Bertz CT molecular complexity index is 571. The lowest BCUT2D eigenvalue weighted by atomic mass is 9.85. The molecule has 24 heavy (non-hydrogen) atoms. The van der Waals surface area contributed by atoms with Crippen molar-refractivity contribution in [3.8, 4) is 0 Å². The molecule has 1 saturated heterocycles. The first-order chi connectivity index (χ1) is 11.0. The van der Waals surface area contributed by atoms with Gasteiger partial charge in [0.15, 0.2) is 0 Å². The van der Waals surface area contributed by atoms with E-state index in [1.807, 2.05) is 19.1 Å². The average Bonchev–Trinajstić information content (AvgIpc) is 2.56. The number of anilines is 1. The number of benzene rings is 1. The third kappa shape index (κ3) is 5.49. The van der Waals surface area contributed by atoms with Gasteiger partial charge in [0, 0.05) is 12.1 Å². The van der Waals surface area contributed by atoms with E-state index in [0.29, 0.717) is 29.5 Å². The van der Waals surface area contributed by atoms with Gasteiger partial charge in [-0.05, 0) is 62.4 Å². The molecule has 1 aliphatic heterocycles. The number of hydrogen-bond donors (Lipinski definition) is 2. The molecular formula is C18H27ClN2O3. The largest absolute Gasteiger partial charge is 0.465 e. The molecule has 1 aromatic carbocycles. The molecule has 5 nitrogen and oxygen atoms in total. The highest BCUT2D eigenvalue weighted by Gasteiger charge is 2.22. The summed E-state index contributed by atoms with van der Waals surface area (Å²) in [5.74, 6) is 0.495. The molecule has 0 saturated carbocycles. The van der Waals surface area contributed by atoms with E-state index in [4.69, 9.17) is 4.74 Å². The second-order valence-electron chi connectivity index (χ2n) is 6.36. The highest BCUT2D eigenvalue weighted by atomic mass is 35.5. The number of carbonyl (C=O) groups excluding carboxylic acids is 2. The van der Waals surface area contributed by atoms with Crippen molar-refractivity contribution >= 4 is 30.0 Å². The summed E-state index contributed by atoms with van der Waals surface area (Å²) in [5, 5.41) is 6.28. The van der Waals surface area contributed by atoms with E-state index >= 15 is 0 Å². The molecule has 1 aromatic rings. The maximum Gasteiger partial charge on any atom is 0.338 e. The van der Waals surface area contributed by atoms with Crippen LogP contribution in [0.2, 0.25) is 0 Å². The molecule has 2 atom stereocenters. The number of ether oxygens (including phenoxy) is 1. The van der Waals surface area contributed by atoms with E-state index in [2.05, 4.69) is 17.6 Å². The second kappa shape index (κ2) is 9.64. The van der Waals surface area contributed by atoms with Crippen LogP contribution in [0.5, 0.6) is 0 Å². The Hall–Kier alpha value is -1.59. The fraction of sp³-hybridized carbons (Fsp3) is 0.556. The molecule has 1 heterocycles. The summed E-state index contributed by atoms with van der Waals surface area (Å²) >= 11 is 0. The minimum atomic E-state index is -0.389. The Labute approximate surface area is 149 Å². The number of piperidine rings is 1. The molecule has 134 valence electrons. The minimum Gasteiger partial charge on any atom is -0.465 e. The highest BCUT2D eigenvalue weighted by Crippen LogP contribution is 2.23. The van der Waals surface area contributed by atoms with Gasteiger partial charge in [-0.3, -0.25) is 4.79 Å². The van der Waals surface area contributed by atoms with Crippen LogP contribution in [-0.4, -0.2) is 32.1 Å². The predicted octanol–water partition coefficient (Wildman–Crippen LogP) is 3.17. The number of carbonyl (C=O) groups is 2. The fourth-order valence-electron chi connectivity index (χ4n) is 3.07. The van der Waals surface area contributed by atoms with Crippen LogP contribution >= 0.6 is 12.4 Å². The standard InChI is InChI=1S/C18H26N2O3.ClH/c1-12-6-7-15(10-16(12)18(22)23-3)20-17(21)9-13(2)14-5-4-8-19-11-14;/h6-7,10,13-14,19H,4-5,8-9,11H2,1-3H3,(H,20,21);1H. The first-order valence-corrected chi connectivity index (χ1v) is 8.20. The van der Waals surface area contributed by atoms with E-state index in [-0.39, 0.29) is 24.3 Å². The first kappa shape index (κ1) is 20.5. The lowest BCUT2D eigenvalue weighted by molar-refractivity contribution is -0.117. The molecule has 0 aliphatic carbocycles. The van der Waals surface area contributed by atoms with Gasteiger partial charge in [0.2, 0.25) is 5.91 Å². The van der Waals surface area contributed by atoms with Gasteiger partial charge in [-0.2, -0.15) is 0 Å². The molecule has 1 fully saturated rings. The molecule has 0 bridgehead atoms. The molecule has 0 spiro atoms. The number of rotatable bonds is 5. The van der Waals surface area contributed by atoms with Crippen molar-refractivity contribution in [2.45, 2.75) is 33.1 Å². The number of nitrogens with one attached hydrogen (secondary N) is 2. The lowest BCUT2D eigenvalue weighted by Crippen LogP contribution is -2.34. The normalized spacial score (nSPS) is 18.2. The highest BCUT2D eigenvalue weighted by molar-refractivity contribution is 5.95. The predicted molar refractivity (Wildman–Crippen MR) is 97.8 cm³/mol. The van der Waals surface area contributed by atoms with Crippen molar-refractivity contribution in [3.63, 3.8) is 0 Å². The molecule has 1 aliphatic rings. The Morgan fingerprint density at radius 3 is 2.79 bits per heavy atom. The van der Waals surface area contributed by atoms with Gasteiger partial charge in [0.25, 0.3) is 0 Å². The summed E-state index contributed by atoms with van der Waals surface area (Å²) in [7, 11) is 1.35. The van der Waals surface area contributed by atoms with E-state index in [1.54, 1.807) is 6.07 Å². The fourth-order valence-corrected chi connectivity index (χ4v) is 3.07. The van der Waals surface area contributed by atoms with E-state index in [0.717, 1.165) is 18.7 Å². The average molecular weight is 355 g/mol. The number of esters is 1. The summed E-state index contributed by atoms with van der Waals surface area (Å²) in [6, 6.07) is 5.30. The zero-order valence-corrected chi connectivity index (χ0v) is 15.4. The quantitative estimate of drug-likeness (QED) is 0.797. The van der Waals surface area contributed by atoms with Gasteiger partial charge >= 0.3 is 5.97 Å². The van der Waals surface area contributed by atoms with Crippen LogP contribution in [0.1, 0.15) is 42.1 Å². The van der Waals surface area contributed by atoms with Crippen LogP contribution in [-0.2, 0) is 9.53 Å². The number of hydrogen-bond acceptors (Lipinski definition) is 4. The smallest absolute Gasteiger partial charge is 0.338 e. The van der Waals surface area contributed by atoms with Crippen molar-refractivity contribution < 1.29 is 14.3 Å². The molecule has 1 amide bonds. The maximum atomic E-state index is 12.3. The molecule has 0 radical (unpaired) electrons. The Kier molecular flexibility index (Phi) is 8.22. The van der Waals surface area contributed by atoms with Gasteiger partial charge in [-0.25, -0.2) is 4.79 Å². The Morgan fingerprint density at radius 1 is 1.42 bits per heavy atom. The van der Waals surface area contributed by atoms with Crippen LogP contribution in [0.4, 0.5) is 5.69 Å². The van der Waals surface area contributed by atoms with Crippen molar-refractivity contribution in [2.75, 3.05) is 25.5 Å². The summed E-state index contributed by atoms with van der Waals surface area (Å²) < 4.78 is 4.76. The third-order valence-corrected chi connectivity index (χ3v) is 4.57. The molecule has 2 N–H and O–H groups in total. The first-order valence-electron chi connectivity index (χ1n) is 8.20. The Balaban J connectivity index is 0.00000288. The summed E-state index contributed by atoms with van der Waals surface area (Å²) in [4.78, 5) is 24.0. The van der Waals surface area contributed by atoms with Gasteiger partial charge in [-0.1, -0.05) is 13.0 Å². The summed E-state index contributed by atoms with van der Waals surface area (Å²) in [6.45, 7) is 6.04. The zero-order valence-electron chi connectivity index (χ0n) is 14.6. The van der Waals surface area contributed by atoms with Gasteiger partial charge in [0.05, 0.1) is 12.7 Å². The third-order valence-electron chi connectivity index (χ3n) is 4.57. The molecular weight excluding hydrogens is 328 g/mol. The summed E-state index contributed by atoms with van der Waals surface area (Å²) in [5.41, 5.74) is 1.95. The van der Waals surface area contributed by atoms with Crippen LogP contribution in [0, 0.1) is 18.8 Å². The molecule has 2 unspecified atom stereocenters. The monoisotopic (exact) mass is 354 g/mol. The van der Waals surface area contributed by atoms with E-state index in [9.17, 15) is 9.59 Å². The molecule has 6 heteroatoms. The van der Waals surface area contributed by atoms with Crippen LogP contribution < -0.4 is 10.6 Å². The van der Waals surface area contributed by atoms with Gasteiger partial charge < -0.3 is 15.4 Å². The van der Waals surface area contributed by atoms with E-state index < -0.39 is 0 Å². The number of amides is 1. The topological polar surface area (TPSA) is 67.4 Å². The lowest BCUT2D eigenvalue weighted by Gasteiger charge is -2.28. The van der Waals surface area contributed by atoms with Crippen LogP contribution in [0.15, 0.2) is 18.2 Å². The van der Waals surface area contributed by atoms with Gasteiger partial charge in [-0.15, -0.1) is 12.4 Å². The molecule has 0 aromatic heterocycles. The van der Waals surface area contributed by atoms with Crippen LogP contribution in [0.3, 0.4) is 0 Å². The maximum absolute atomic E-state index is 12.3. The Morgan fingerprint density at radius 2 is 2.17 bits per heavy atom. The van der Waals surface area contributed by atoms with Crippen LogP contribution in [0.25, 0.3) is 0 Å². The van der Waals surface area contributed by atoms with Crippen molar-refractivity contribution in [2.24, 2.45) is 11.8 Å². The SMILES string of the molecule is COC(=O)c1cc(NC(=O)CC(C)C2CCCNC2)ccc1C.Cl. The van der Waals surface area contributed by atoms with Crippen molar-refractivity contribution in [1.29, 1.82) is 0 Å². The van der Waals surface area contributed by atoms with Gasteiger partial charge in [0.1, 0.15) is 0 Å².